The van der Waals surface area contributed by atoms with E-state index in [1.807, 2.05) is 0 Å². The van der Waals surface area contributed by atoms with Crippen LogP contribution in [-0.2, 0) is 6.54 Å². The van der Waals surface area contributed by atoms with Gasteiger partial charge in [-0.3, -0.25) is 4.90 Å². The van der Waals surface area contributed by atoms with Crippen LogP contribution in [0, 0.1) is 0 Å². The van der Waals surface area contributed by atoms with Crippen LogP contribution < -0.4 is 14.2 Å². The third kappa shape index (κ3) is 3.37. The van der Waals surface area contributed by atoms with Crippen LogP contribution in [0.3, 0.4) is 0 Å². The Morgan fingerprint density at radius 2 is 1.64 bits per heavy atom. The lowest BCUT2D eigenvalue weighted by atomic mass is 9.95. The maximum Gasteiger partial charge on any atom is 0.161 e. The number of likely N-dealkylation sites (tertiary alicyclic amines) is 1. The number of methoxy groups -OCH3 is 3. The van der Waals surface area contributed by atoms with Crippen LogP contribution in [0.15, 0.2) is 36.4 Å². The average Bonchev–Trinajstić information content (AvgIpc) is 2.74. The van der Waals surface area contributed by atoms with Crippen molar-refractivity contribution in [2.75, 3.05) is 27.9 Å². The highest BCUT2D eigenvalue weighted by Gasteiger charge is 2.20. The predicted octanol–water partition coefficient (Wildman–Crippen LogP) is 5.39. The number of benzene rings is 3. The van der Waals surface area contributed by atoms with Crippen LogP contribution in [0.1, 0.15) is 31.7 Å². The summed E-state index contributed by atoms with van der Waals surface area (Å²) in [6, 6.07) is 13.5. The summed E-state index contributed by atoms with van der Waals surface area (Å²) in [6.07, 6.45) is 3.91. The van der Waals surface area contributed by atoms with Crippen molar-refractivity contribution < 1.29 is 14.2 Å². The monoisotopic (exact) mass is 379 g/mol. The number of rotatable bonds is 5. The minimum atomic E-state index is 0.628. The first-order valence-electron chi connectivity index (χ1n) is 10.0. The van der Waals surface area contributed by atoms with E-state index >= 15 is 0 Å². The van der Waals surface area contributed by atoms with Gasteiger partial charge in [0.2, 0.25) is 0 Å². The number of ether oxygens (including phenoxy) is 3. The Labute approximate surface area is 167 Å². The quantitative estimate of drug-likeness (QED) is 0.556. The van der Waals surface area contributed by atoms with Crippen LogP contribution in [0.5, 0.6) is 17.2 Å². The lowest BCUT2D eigenvalue weighted by molar-refractivity contribution is 0.153. The standard InChI is InChI=1S/C24H29NO3/c1-16-7-5-6-10-25(16)15-18-11-17-12-23(27-3)24(28-4)14-21(17)22-13-19(26-2)8-9-20(18)22/h8-9,11-14,16H,5-7,10,15H2,1-4H3/t16-/m1/s1. The molecule has 0 bridgehead atoms. The predicted molar refractivity (Wildman–Crippen MR) is 115 cm³/mol. The zero-order valence-electron chi connectivity index (χ0n) is 17.2. The Bertz CT molecular complexity index is 998. The molecule has 0 spiro atoms. The number of hydrogen-bond donors (Lipinski definition) is 0. The zero-order valence-corrected chi connectivity index (χ0v) is 17.2. The third-order valence-electron chi connectivity index (χ3n) is 6.06. The van der Waals surface area contributed by atoms with E-state index in [-0.39, 0.29) is 0 Å². The fraction of sp³-hybridized carbons (Fsp3) is 0.417. The minimum Gasteiger partial charge on any atom is -0.497 e. The maximum atomic E-state index is 5.55. The van der Waals surface area contributed by atoms with E-state index in [1.165, 1.54) is 42.1 Å². The van der Waals surface area contributed by atoms with Crippen molar-refractivity contribution in [3.63, 3.8) is 0 Å². The van der Waals surface area contributed by atoms with E-state index < -0.39 is 0 Å². The van der Waals surface area contributed by atoms with Gasteiger partial charge in [-0.15, -0.1) is 0 Å². The van der Waals surface area contributed by atoms with E-state index in [2.05, 4.69) is 48.2 Å². The highest BCUT2D eigenvalue weighted by Crippen LogP contribution is 2.39. The molecule has 1 saturated heterocycles. The van der Waals surface area contributed by atoms with Crippen LogP contribution in [0.4, 0.5) is 0 Å². The first kappa shape index (κ1) is 18.9. The molecule has 0 aromatic heterocycles. The maximum absolute atomic E-state index is 5.55. The first-order chi connectivity index (χ1) is 13.6. The summed E-state index contributed by atoms with van der Waals surface area (Å²) in [4.78, 5) is 2.61. The van der Waals surface area contributed by atoms with Gasteiger partial charge in [-0.1, -0.05) is 12.5 Å². The lowest BCUT2D eigenvalue weighted by Crippen LogP contribution is -2.36. The van der Waals surface area contributed by atoms with Gasteiger partial charge in [-0.2, -0.15) is 0 Å². The molecule has 1 atom stereocenters. The Balaban J connectivity index is 1.92. The van der Waals surface area contributed by atoms with Crippen LogP contribution in [-0.4, -0.2) is 38.8 Å². The molecule has 1 heterocycles. The van der Waals surface area contributed by atoms with Crippen molar-refractivity contribution in [2.45, 2.75) is 38.8 Å². The van der Waals surface area contributed by atoms with E-state index in [1.54, 1.807) is 21.3 Å². The summed E-state index contributed by atoms with van der Waals surface area (Å²) >= 11 is 0. The second-order valence-electron chi connectivity index (χ2n) is 7.69. The van der Waals surface area contributed by atoms with Gasteiger partial charge in [0.1, 0.15) is 5.75 Å². The van der Waals surface area contributed by atoms with Gasteiger partial charge in [-0.05, 0) is 83.8 Å². The fourth-order valence-corrected chi connectivity index (χ4v) is 4.41. The first-order valence-corrected chi connectivity index (χ1v) is 10.0. The topological polar surface area (TPSA) is 30.9 Å². The molecule has 3 aromatic rings. The van der Waals surface area contributed by atoms with Crippen molar-refractivity contribution in [1.82, 2.24) is 4.90 Å². The Morgan fingerprint density at radius 3 is 2.36 bits per heavy atom. The molecule has 0 unspecified atom stereocenters. The number of piperidine rings is 1. The summed E-state index contributed by atoms with van der Waals surface area (Å²) in [5, 5.41) is 4.79. The molecular weight excluding hydrogens is 350 g/mol. The third-order valence-corrected chi connectivity index (χ3v) is 6.06. The summed E-state index contributed by atoms with van der Waals surface area (Å²) in [7, 11) is 5.08. The molecule has 4 rings (SSSR count). The Kier molecular flexibility index (Phi) is 5.31. The molecule has 28 heavy (non-hydrogen) atoms. The van der Waals surface area contributed by atoms with Crippen molar-refractivity contribution in [1.29, 1.82) is 0 Å². The summed E-state index contributed by atoms with van der Waals surface area (Å²) in [5.74, 6) is 2.37. The van der Waals surface area contributed by atoms with Gasteiger partial charge in [0.05, 0.1) is 21.3 Å². The van der Waals surface area contributed by atoms with Crippen LogP contribution in [0.25, 0.3) is 21.5 Å². The Hall–Kier alpha value is -2.46. The highest BCUT2D eigenvalue weighted by atomic mass is 16.5. The molecule has 3 aromatic carbocycles. The summed E-state index contributed by atoms with van der Waals surface area (Å²) < 4.78 is 16.6. The zero-order chi connectivity index (χ0) is 19.7. The summed E-state index contributed by atoms with van der Waals surface area (Å²) in [5.41, 5.74) is 1.35. The molecule has 0 saturated carbocycles. The molecule has 0 radical (unpaired) electrons. The summed E-state index contributed by atoms with van der Waals surface area (Å²) in [6.45, 7) is 4.48. The van der Waals surface area contributed by atoms with E-state index in [4.69, 9.17) is 14.2 Å². The minimum absolute atomic E-state index is 0.628. The SMILES string of the molecule is COc1ccc2c(CN3CCCC[C@H]3C)cc3cc(OC)c(OC)cc3c2c1. The van der Waals surface area contributed by atoms with E-state index in [0.717, 1.165) is 34.6 Å². The molecule has 4 nitrogen and oxygen atoms in total. The van der Waals surface area contributed by atoms with Crippen LogP contribution in [0.2, 0.25) is 0 Å². The number of fused-ring (bicyclic) bond motifs is 3. The molecular formula is C24H29NO3. The molecule has 0 amide bonds. The highest BCUT2D eigenvalue weighted by molar-refractivity contribution is 6.10. The number of nitrogens with zero attached hydrogens (tertiary/aromatic N) is 1. The van der Waals surface area contributed by atoms with E-state index in [9.17, 15) is 0 Å². The smallest absolute Gasteiger partial charge is 0.161 e. The number of hydrogen-bond acceptors (Lipinski definition) is 4. The van der Waals surface area contributed by atoms with Crippen LogP contribution >= 0.6 is 0 Å². The second-order valence-corrected chi connectivity index (χ2v) is 7.69. The molecule has 0 N–H and O–H groups in total. The van der Waals surface area contributed by atoms with Crippen molar-refractivity contribution in [3.8, 4) is 17.2 Å². The van der Waals surface area contributed by atoms with Gasteiger partial charge < -0.3 is 14.2 Å². The van der Waals surface area contributed by atoms with Crippen molar-refractivity contribution in [2.24, 2.45) is 0 Å². The Morgan fingerprint density at radius 1 is 0.857 bits per heavy atom. The molecule has 4 heteroatoms. The normalized spacial score (nSPS) is 17.8. The molecule has 1 fully saturated rings. The lowest BCUT2D eigenvalue weighted by Gasteiger charge is -2.33. The fourth-order valence-electron chi connectivity index (χ4n) is 4.41. The van der Waals surface area contributed by atoms with Crippen molar-refractivity contribution >= 4 is 21.5 Å². The molecule has 148 valence electrons. The average molecular weight is 380 g/mol. The molecule has 1 aliphatic heterocycles. The van der Waals surface area contributed by atoms with Gasteiger partial charge in [-0.25, -0.2) is 0 Å². The van der Waals surface area contributed by atoms with Gasteiger partial charge >= 0.3 is 0 Å². The van der Waals surface area contributed by atoms with Gasteiger partial charge in [0, 0.05) is 12.6 Å². The van der Waals surface area contributed by atoms with Gasteiger partial charge in [0.25, 0.3) is 0 Å². The second kappa shape index (κ2) is 7.88. The van der Waals surface area contributed by atoms with Crippen molar-refractivity contribution in [3.05, 3.63) is 42.0 Å². The molecule has 0 aliphatic carbocycles. The molecule has 1 aliphatic rings. The largest absolute Gasteiger partial charge is 0.497 e. The van der Waals surface area contributed by atoms with Gasteiger partial charge in [0.15, 0.2) is 11.5 Å². The van der Waals surface area contributed by atoms with E-state index in [0.29, 0.717) is 6.04 Å².